The van der Waals surface area contributed by atoms with Crippen molar-refractivity contribution in [1.82, 2.24) is 5.32 Å². The highest BCUT2D eigenvalue weighted by atomic mass is 16.5. The Balaban J connectivity index is 1.54. The molecule has 2 aromatic carbocycles. The second kappa shape index (κ2) is 9.44. The molecule has 0 saturated heterocycles. The largest absolute Gasteiger partial charge is 0.493 e. The third kappa shape index (κ3) is 5.37. The van der Waals surface area contributed by atoms with E-state index in [9.17, 15) is 0 Å². The fourth-order valence-corrected chi connectivity index (χ4v) is 3.19. The SMILES string of the molecule is COc1ccc(CNCCc2ccc(C)cc2)cc1OC1C=CCCC1. The van der Waals surface area contributed by atoms with Crippen LogP contribution >= 0.6 is 0 Å². The van der Waals surface area contributed by atoms with E-state index < -0.39 is 0 Å². The molecule has 3 heteroatoms. The molecule has 1 atom stereocenters. The van der Waals surface area contributed by atoms with Gasteiger partial charge in [0.1, 0.15) is 6.10 Å². The van der Waals surface area contributed by atoms with E-state index in [0.717, 1.165) is 43.9 Å². The number of aryl methyl sites for hydroxylation is 1. The van der Waals surface area contributed by atoms with Gasteiger partial charge in [-0.05, 0) is 68.5 Å². The van der Waals surface area contributed by atoms with Crippen molar-refractivity contribution >= 4 is 0 Å². The lowest BCUT2D eigenvalue weighted by Gasteiger charge is -2.20. The molecular weight excluding hydrogens is 322 g/mol. The summed E-state index contributed by atoms with van der Waals surface area (Å²) in [5, 5.41) is 3.52. The molecule has 0 radical (unpaired) electrons. The predicted molar refractivity (Wildman–Crippen MR) is 107 cm³/mol. The molecule has 3 nitrogen and oxygen atoms in total. The fraction of sp³-hybridized carbons (Fsp3) is 0.391. The van der Waals surface area contributed by atoms with Crippen LogP contribution in [0, 0.1) is 6.92 Å². The van der Waals surface area contributed by atoms with Gasteiger partial charge in [-0.2, -0.15) is 0 Å². The summed E-state index contributed by atoms with van der Waals surface area (Å²) in [6.45, 7) is 3.90. The van der Waals surface area contributed by atoms with Gasteiger partial charge in [0.05, 0.1) is 7.11 Å². The van der Waals surface area contributed by atoms with Crippen molar-refractivity contribution in [2.75, 3.05) is 13.7 Å². The van der Waals surface area contributed by atoms with Gasteiger partial charge in [0.15, 0.2) is 11.5 Å². The van der Waals surface area contributed by atoms with Crippen LogP contribution in [0.4, 0.5) is 0 Å². The number of rotatable bonds is 8. The van der Waals surface area contributed by atoms with Crippen molar-refractivity contribution in [3.63, 3.8) is 0 Å². The van der Waals surface area contributed by atoms with E-state index in [1.165, 1.54) is 23.1 Å². The summed E-state index contributed by atoms with van der Waals surface area (Å²) in [5.41, 5.74) is 3.88. The van der Waals surface area contributed by atoms with E-state index >= 15 is 0 Å². The molecule has 138 valence electrons. The summed E-state index contributed by atoms with van der Waals surface area (Å²) in [5.74, 6) is 1.63. The normalized spacial score (nSPS) is 16.5. The zero-order valence-corrected chi connectivity index (χ0v) is 15.8. The van der Waals surface area contributed by atoms with Crippen LogP contribution in [0.15, 0.2) is 54.6 Å². The Morgan fingerprint density at radius 3 is 2.58 bits per heavy atom. The summed E-state index contributed by atoms with van der Waals surface area (Å²) < 4.78 is 11.6. The number of nitrogens with one attached hydrogen (secondary N) is 1. The fourth-order valence-electron chi connectivity index (χ4n) is 3.19. The summed E-state index contributed by atoms with van der Waals surface area (Å²) >= 11 is 0. The molecule has 0 aromatic heterocycles. The summed E-state index contributed by atoms with van der Waals surface area (Å²) in [6, 6.07) is 14.9. The molecule has 0 aliphatic heterocycles. The smallest absolute Gasteiger partial charge is 0.162 e. The van der Waals surface area contributed by atoms with E-state index in [2.05, 4.69) is 60.8 Å². The molecule has 0 fully saturated rings. The summed E-state index contributed by atoms with van der Waals surface area (Å²) in [4.78, 5) is 0. The molecule has 1 N–H and O–H groups in total. The minimum Gasteiger partial charge on any atom is -0.493 e. The number of ether oxygens (including phenoxy) is 2. The number of hydrogen-bond donors (Lipinski definition) is 1. The Hall–Kier alpha value is -2.26. The number of methoxy groups -OCH3 is 1. The van der Waals surface area contributed by atoms with E-state index in [-0.39, 0.29) is 6.10 Å². The summed E-state index contributed by atoms with van der Waals surface area (Å²) in [6.07, 6.45) is 8.96. The zero-order chi connectivity index (χ0) is 18.2. The van der Waals surface area contributed by atoms with Gasteiger partial charge in [-0.25, -0.2) is 0 Å². The lowest BCUT2D eigenvalue weighted by atomic mass is 10.1. The van der Waals surface area contributed by atoms with Crippen LogP contribution in [0.3, 0.4) is 0 Å². The molecule has 2 aromatic rings. The van der Waals surface area contributed by atoms with Crippen molar-refractivity contribution in [1.29, 1.82) is 0 Å². The zero-order valence-electron chi connectivity index (χ0n) is 15.8. The molecule has 1 aliphatic rings. The predicted octanol–water partition coefficient (Wildman–Crippen LogP) is 4.82. The monoisotopic (exact) mass is 351 g/mol. The lowest BCUT2D eigenvalue weighted by Crippen LogP contribution is -2.18. The molecule has 3 rings (SSSR count). The van der Waals surface area contributed by atoms with Gasteiger partial charge in [0, 0.05) is 6.54 Å². The van der Waals surface area contributed by atoms with Gasteiger partial charge in [-0.3, -0.25) is 0 Å². The van der Waals surface area contributed by atoms with Crippen molar-refractivity contribution < 1.29 is 9.47 Å². The maximum atomic E-state index is 6.17. The highest BCUT2D eigenvalue weighted by Gasteiger charge is 2.13. The van der Waals surface area contributed by atoms with Gasteiger partial charge in [-0.1, -0.05) is 42.0 Å². The Kier molecular flexibility index (Phi) is 6.73. The van der Waals surface area contributed by atoms with Crippen molar-refractivity contribution in [3.05, 3.63) is 71.3 Å². The van der Waals surface area contributed by atoms with Crippen LogP contribution in [0.5, 0.6) is 11.5 Å². The second-order valence-electron chi connectivity index (χ2n) is 6.91. The van der Waals surface area contributed by atoms with E-state index in [1.54, 1.807) is 7.11 Å². The highest BCUT2D eigenvalue weighted by molar-refractivity contribution is 5.43. The third-order valence-electron chi connectivity index (χ3n) is 4.76. The Morgan fingerprint density at radius 1 is 1.04 bits per heavy atom. The van der Waals surface area contributed by atoms with Gasteiger partial charge in [-0.15, -0.1) is 0 Å². The van der Waals surface area contributed by atoms with E-state index in [4.69, 9.17) is 9.47 Å². The Morgan fingerprint density at radius 2 is 1.85 bits per heavy atom. The maximum absolute atomic E-state index is 6.17. The quantitative estimate of drug-likeness (QED) is 0.546. The van der Waals surface area contributed by atoms with Gasteiger partial charge in [0.25, 0.3) is 0 Å². The molecule has 26 heavy (non-hydrogen) atoms. The molecule has 0 amide bonds. The van der Waals surface area contributed by atoms with Crippen LogP contribution in [0.2, 0.25) is 0 Å². The van der Waals surface area contributed by atoms with E-state index in [1.807, 2.05) is 6.07 Å². The third-order valence-corrected chi connectivity index (χ3v) is 4.76. The molecule has 0 heterocycles. The van der Waals surface area contributed by atoms with Crippen LogP contribution in [-0.2, 0) is 13.0 Å². The molecule has 0 saturated carbocycles. The van der Waals surface area contributed by atoms with E-state index in [0.29, 0.717) is 0 Å². The maximum Gasteiger partial charge on any atom is 0.162 e. The molecule has 0 spiro atoms. The minimum absolute atomic E-state index is 0.155. The standard InChI is InChI=1S/C23H29NO2/c1-18-8-10-19(11-9-18)14-15-24-17-20-12-13-22(25-2)23(16-20)26-21-6-4-3-5-7-21/h4,6,8-13,16,21,24H,3,5,7,14-15,17H2,1-2H3. The topological polar surface area (TPSA) is 30.5 Å². The van der Waals surface area contributed by atoms with Crippen LogP contribution in [-0.4, -0.2) is 19.8 Å². The second-order valence-corrected chi connectivity index (χ2v) is 6.91. The Bertz CT molecular complexity index is 721. The first-order valence-electron chi connectivity index (χ1n) is 9.51. The van der Waals surface area contributed by atoms with Gasteiger partial charge < -0.3 is 14.8 Å². The first kappa shape index (κ1) is 18.5. The number of hydrogen-bond acceptors (Lipinski definition) is 3. The van der Waals surface area contributed by atoms with Crippen LogP contribution in [0.1, 0.15) is 36.0 Å². The average Bonchev–Trinajstić information content (AvgIpc) is 2.68. The Labute approximate surface area is 157 Å². The lowest BCUT2D eigenvalue weighted by molar-refractivity contribution is 0.219. The first-order valence-corrected chi connectivity index (χ1v) is 9.51. The molecule has 0 bridgehead atoms. The minimum atomic E-state index is 0.155. The van der Waals surface area contributed by atoms with Crippen LogP contribution < -0.4 is 14.8 Å². The van der Waals surface area contributed by atoms with Crippen molar-refractivity contribution in [2.24, 2.45) is 0 Å². The molecule has 1 unspecified atom stereocenters. The molecular formula is C23H29NO2. The van der Waals surface area contributed by atoms with Crippen LogP contribution in [0.25, 0.3) is 0 Å². The van der Waals surface area contributed by atoms with Crippen molar-refractivity contribution in [3.8, 4) is 11.5 Å². The van der Waals surface area contributed by atoms with Gasteiger partial charge >= 0.3 is 0 Å². The number of allylic oxidation sites excluding steroid dienone is 1. The van der Waals surface area contributed by atoms with Crippen molar-refractivity contribution in [2.45, 2.75) is 45.3 Å². The highest BCUT2D eigenvalue weighted by Crippen LogP contribution is 2.30. The van der Waals surface area contributed by atoms with Gasteiger partial charge in [0.2, 0.25) is 0 Å². The average molecular weight is 351 g/mol. The molecule has 1 aliphatic carbocycles. The first-order chi connectivity index (χ1) is 12.7. The summed E-state index contributed by atoms with van der Waals surface area (Å²) in [7, 11) is 1.69. The number of benzene rings is 2.